The molecule has 194 valence electrons. The van der Waals surface area contributed by atoms with E-state index >= 15 is 0 Å². The van der Waals surface area contributed by atoms with E-state index in [-0.39, 0.29) is 28.2 Å². The molecule has 3 heterocycles. The lowest BCUT2D eigenvalue weighted by Crippen LogP contribution is -2.71. The summed E-state index contributed by atoms with van der Waals surface area (Å²) in [6.45, 7) is 0.952. The maximum absolute atomic E-state index is 12.9. The first-order valence-electron chi connectivity index (χ1n) is 10.5. The number of allylic oxidation sites excluding steroid dienone is 1. The van der Waals surface area contributed by atoms with Crippen molar-refractivity contribution in [3.8, 4) is 0 Å². The van der Waals surface area contributed by atoms with Crippen molar-refractivity contribution in [3.63, 3.8) is 0 Å². The van der Waals surface area contributed by atoms with Crippen molar-refractivity contribution >= 4 is 57.7 Å². The molecule has 13 nitrogen and oxygen atoms in total. The van der Waals surface area contributed by atoms with Gasteiger partial charge >= 0.3 is 0 Å². The summed E-state index contributed by atoms with van der Waals surface area (Å²) in [4.78, 5) is 58.1. The lowest BCUT2D eigenvalue weighted by molar-refractivity contribution is -0.876. The number of alkyl halides is 1. The number of oxime groups is 1. The summed E-state index contributed by atoms with van der Waals surface area (Å²) in [6, 6.07) is -1.08. The fourth-order valence-corrected chi connectivity index (χ4v) is 5.47. The Labute approximate surface area is 213 Å². The second-order valence-electron chi connectivity index (χ2n) is 8.54. The molecule has 0 aliphatic carbocycles. The molecule has 1 fully saturated rings. The number of hydrogen-bond acceptors (Lipinski definition) is 12. The number of carbonyl (C=O) groups excluding carboxylic acids is 4. The summed E-state index contributed by atoms with van der Waals surface area (Å²) < 4.78 is 16.7. The molecule has 2 aliphatic rings. The molecule has 0 radical (unpaired) electrons. The van der Waals surface area contributed by atoms with Crippen LogP contribution in [0.1, 0.15) is 12.7 Å². The number of thioether (sulfide) groups is 1. The van der Waals surface area contributed by atoms with Crippen LogP contribution in [0.4, 0.5) is 9.52 Å². The number of likely N-dealkylation sites (N-methyl/N-ethyl adjacent to an activating group) is 1. The molecule has 36 heavy (non-hydrogen) atoms. The maximum Gasteiger partial charge on any atom is 0.278 e. The van der Waals surface area contributed by atoms with E-state index in [9.17, 15) is 28.7 Å². The predicted molar refractivity (Wildman–Crippen MR) is 127 cm³/mol. The van der Waals surface area contributed by atoms with E-state index in [4.69, 9.17) is 5.73 Å². The molecule has 1 aromatic heterocycles. The molecule has 0 bridgehead atoms. The number of Topliss-reactive ketones (excluding diaryl/α,β-unsaturated/α-hetero) is 1. The first-order valence-corrected chi connectivity index (χ1v) is 12.3. The number of quaternary nitrogens is 1. The summed E-state index contributed by atoms with van der Waals surface area (Å²) in [7, 11) is 3.73. The number of carboxylic acids is 1. The van der Waals surface area contributed by atoms with Crippen LogP contribution in [0.2, 0.25) is 0 Å². The van der Waals surface area contributed by atoms with Gasteiger partial charge in [-0.3, -0.25) is 19.3 Å². The van der Waals surface area contributed by atoms with Crippen molar-refractivity contribution in [1.82, 2.24) is 19.6 Å². The monoisotopic (exact) mass is 541 g/mol. The minimum absolute atomic E-state index is 0.0249. The number of ketones is 1. The van der Waals surface area contributed by atoms with Crippen molar-refractivity contribution in [1.29, 1.82) is 0 Å². The average Bonchev–Trinajstić information content (AvgIpc) is 3.21. The van der Waals surface area contributed by atoms with Crippen molar-refractivity contribution in [3.05, 3.63) is 29.2 Å². The summed E-state index contributed by atoms with van der Waals surface area (Å²) in [5.74, 6) is -3.08. The number of nitrogens with two attached hydrogens (primary N) is 1. The highest BCUT2D eigenvalue weighted by Gasteiger charge is 2.53. The molecule has 3 rings (SSSR count). The van der Waals surface area contributed by atoms with Gasteiger partial charge in [0.25, 0.3) is 18.7 Å². The van der Waals surface area contributed by atoms with Gasteiger partial charge in [-0.2, -0.15) is 9.36 Å². The molecule has 0 aromatic carbocycles. The van der Waals surface area contributed by atoms with Crippen molar-refractivity contribution in [2.45, 2.75) is 18.3 Å². The molecule has 1 aromatic rings. The minimum Gasteiger partial charge on any atom is -0.543 e. The second-order valence-corrected chi connectivity index (χ2v) is 10.4. The molecule has 2 amide bonds. The van der Waals surface area contributed by atoms with Gasteiger partial charge in [-0.25, -0.2) is 4.39 Å². The van der Waals surface area contributed by atoms with Crippen LogP contribution in [0.3, 0.4) is 0 Å². The van der Waals surface area contributed by atoms with E-state index in [1.807, 2.05) is 14.1 Å². The number of aromatic nitrogens is 2. The van der Waals surface area contributed by atoms with Crippen LogP contribution in [-0.4, -0.2) is 99.2 Å². The van der Waals surface area contributed by atoms with Crippen LogP contribution in [-0.2, 0) is 24.0 Å². The molecule has 3 N–H and O–H groups in total. The van der Waals surface area contributed by atoms with Crippen molar-refractivity contribution in [2.24, 2.45) is 5.16 Å². The number of nitrogen functional groups attached to an aromatic ring is 1. The number of aliphatic carboxylic acids is 1. The molecule has 2 aliphatic heterocycles. The summed E-state index contributed by atoms with van der Waals surface area (Å²) in [6.07, 6.45) is 3.34. The Kier molecular flexibility index (Phi) is 8.42. The summed E-state index contributed by atoms with van der Waals surface area (Å²) >= 11 is 2.02. The number of amides is 2. The number of anilines is 1. The Morgan fingerprint density at radius 3 is 2.72 bits per heavy atom. The standard InChI is InChI=1S/C20H24FN7O6S2/c1-10(29)7-28(2,3)6-4-5-11-8-35-18-13(17(31)27(18)14(11)19(32)33)23-16(30)12(25-34-9-21)15-24-20(22)36-26-15/h4-5,13,18H,6-9H2,1-3H3,(H3-,22,23,24,26,30,32,33)/b5-4+,25-12-/t13-,18-/m1/s1. The van der Waals surface area contributed by atoms with Crippen LogP contribution in [0.25, 0.3) is 0 Å². The first kappa shape index (κ1) is 27.2. The molecule has 2 atom stereocenters. The van der Waals surface area contributed by atoms with Crippen LogP contribution in [0.15, 0.2) is 28.6 Å². The van der Waals surface area contributed by atoms with Gasteiger partial charge < -0.3 is 30.3 Å². The molecular formula is C20H24FN7O6S2. The highest BCUT2D eigenvalue weighted by atomic mass is 32.2. The van der Waals surface area contributed by atoms with Gasteiger partial charge in [0.05, 0.1) is 32.3 Å². The van der Waals surface area contributed by atoms with Crippen LogP contribution in [0, 0.1) is 0 Å². The molecule has 0 saturated carbocycles. The molecule has 16 heteroatoms. The zero-order valence-electron chi connectivity index (χ0n) is 19.6. The van der Waals surface area contributed by atoms with Gasteiger partial charge in [-0.1, -0.05) is 11.2 Å². The number of fused-ring (bicyclic) bond motifs is 1. The predicted octanol–water partition coefficient (Wildman–Crippen LogP) is -1.61. The van der Waals surface area contributed by atoms with E-state index in [0.717, 1.165) is 16.4 Å². The van der Waals surface area contributed by atoms with Gasteiger partial charge in [0.15, 0.2) is 10.9 Å². The quantitative estimate of drug-likeness (QED) is 0.143. The number of nitrogens with one attached hydrogen (secondary N) is 1. The number of β-lactam (4-membered cyclic amide) rings is 1. The number of carbonyl (C=O) groups is 4. The van der Waals surface area contributed by atoms with Gasteiger partial charge in [-0.15, -0.1) is 11.8 Å². The Morgan fingerprint density at radius 1 is 1.42 bits per heavy atom. The lowest BCUT2D eigenvalue weighted by Gasteiger charge is -2.50. The number of carboxylic acid groups (broad SMARTS) is 1. The molecule has 0 unspecified atom stereocenters. The van der Waals surface area contributed by atoms with Crippen molar-refractivity contribution < 1.29 is 38.0 Å². The van der Waals surface area contributed by atoms with Gasteiger partial charge in [0.2, 0.25) is 11.5 Å². The Hall–Kier alpha value is -3.37. The van der Waals surface area contributed by atoms with Crippen LogP contribution >= 0.6 is 23.3 Å². The smallest absolute Gasteiger partial charge is 0.278 e. The highest BCUT2D eigenvalue weighted by Crippen LogP contribution is 2.40. The minimum atomic E-state index is -1.53. The third-order valence-corrected chi connectivity index (χ3v) is 6.97. The highest BCUT2D eigenvalue weighted by molar-refractivity contribution is 8.00. The normalized spacial score (nSPS) is 20.3. The van der Waals surface area contributed by atoms with Gasteiger partial charge in [-0.05, 0) is 11.6 Å². The zero-order valence-corrected chi connectivity index (χ0v) is 21.2. The topological polar surface area (TPSA) is 180 Å². The van der Waals surface area contributed by atoms with E-state index < -0.39 is 41.8 Å². The van der Waals surface area contributed by atoms with Crippen LogP contribution < -0.4 is 16.2 Å². The van der Waals surface area contributed by atoms with E-state index in [0.29, 0.717) is 23.1 Å². The summed E-state index contributed by atoms with van der Waals surface area (Å²) in [5.41, 5.74) is 5.12. The molecular weight excluding hydrogens is 517 g/mol. The Bertz CT molecular complexity index is 1170. The zero-order chi connectivity index (χ0) is 26.6. The summed E-state index contributed by atoms with van der Waals surface area (Å²) in [5, 5.41) is 17.0. The van der Waals surface area contributed by atoms with Crippen molar-refractivity contribution in [2.75, 3.05) is 45.5 Å². The van der Waals surface area contributed by atoms with Crippen LogP contribution in [0.5, 0.6) is 0 Å². The lowest BCUT2D eigenvalue weighted by atomic mass is 10.0. The largest absolute Gasteiger partial charge is 0.543 e. The Morgan fingerprint density at radius 2 is 2.14 bits per heavy atom. The maximum atomic E-state index is 12.9. The first-order chi connectivity index (χ1) is 16.9. The number of nitrogens with zero attached hydrogens (tertiary/aromatic N) is 5. The van der Waals surface area contributed by atoms with Gasteiger partial charge in [0, 0.05) is 24.2 Å². The third kappa shape index (κ3) is 6.06. The SMILES string of the molecule is CC(=O)C[N+](C)(C)C/C=C/C1=C(C(=O)[O-])N2C(=O)[C@@H](NC(=O)/C(=N\OCF)c3nsc(N)n3)[C@H]2SC1. The average molecular weight is 542 g/mol. The fraction of sp³-hybridized carbons (Fsp3) is 0.450. The van der Waals surface area contributed by atoms with E-state index in [2.05, 4.69) is 24.7 Å². The third-order valence-electron chi connectivity index (χ3n) is 5.12. The second kappa shape index (κ2) is 11.1. The molecule has 1 saturated heterocycles. The fourth-order valence-electron chi connectivity index (χ4n) is 3.72. The van der Waals surface area contributed by atoms with E-state index in [1.54, 1.807) is 12.2 Å². The number of rotatable bonds is 11. The number of hydrogen-bond donors (Lipinski definition) is 2. The number of halogens is 1. The van der Waals surface area contributed by atoms with E-state index in [1.165, 1.54) is 18.7 Å². The van der Waals surface area contributed by atoms with Gasteiger partial charge in [0.1, 0.15) is 18.0 Å². The Balaban J connectivity index is 1.76. The molecule has 0 spiro atoms.